The molecule has 0 amide bonds. The molecule has 0 saturated heterocycles. The topological polar surface area (TPSA) is 46.9 Å². The van der Waals surface area contributed by atoms with Crippen molar-refractivity contribution < 1.29 is 5.11 Å². The van der Waals surface area contributed by atoms with Crippen molar-refractivity contribution in [1.29, 1.82) is 5.41 Å². The molecule has 0 bridgehead atoms. The van der Waals surface area contributed by atoms with Crippen LogP contribution in [0, 0.1) is 12.3 Å². The van der Waals surface area contributed by atoms with Gasteiger partial charge in [0.2, 0.25) is 0 Å². The summed E-state index contributed by atoms with van der Waals surface area (Å²) < 4.78 is 0. The summed E-state index contributed by atoms with van der Waals surface area (Å²) in [7, 11) is 0. The maximum Gasteiger partial charge on any atom is -0.0149 e. The average Bonchev–Trinajstić information content (AvgIpc) is 1.88. The highest BCUT2D eigenvalue weighted by Crippen LogP contribution is 2.01. The number of hydrogen-bond donors (Lipinski definition) is 1. The highest BCUT2D eigenvalue weighted by Gasteiger charge is 1.88. The zero-order valence-corrected chi connectivity index (χ0v) is 5.72. The first-order valence-electron chi connectivity index (χ1n) is 3.03. The van der Waals surface area contributed by atoms with Crippen LogP contribution < -0.4 is 5.11 Å². The van der Waals surface area contributed by atoms with E-state index < -0.39 is 5.90 Å². The second-order valence-corrected chi connectivity index (χ2v) is 2.20. The molecule has 1 N–H and O–H groups in total. The minimum atomic E-state index is -0.622. The van der Waals surface area contributed by atoms with Crippen LogP contribution >= 0.6 is 0 Å². The number of aryl methyl sites for hydroxylation is 1. The molecule has 1 aromatic carbocycles. The summed E-state index contributed by atoms with van der Waals surface area (Å²) in [6.45, 7) is 1.90. The first kappa shape index (κ1) is 6.81. The predicted octanol–water partition coefficient (Wildman–Crippen LogP) is 0.681. The molecule has 0 aliphatic carbocycles. The fourth-order valence-corrected chi connectivity index (χ4v) is 0.786. The molecule has 0 fully saturated rings. The summed E-state index contributed by atoms with van der Waals surface area (Å²) in [4.78, 5) is 0. The molecule has 10 heavy (non-hydrogen) atoms. The molecule has 0 heterocycles. The van der Waals surface area contributed by atoms with Gasteiger partial charge in [-0.15, -0.1) is 0 Å². The van der Waals surface area contributed by atoms with Crippen LogP contribution in [0.3, 0.4) is 0 Å². The van der Waals surface area contributed by atoms with Crippen molar-refractivity contribution in [2.45, 2.75) is 6.92 Å². The molecule has 1 rings (SSSR count). The van der Waals surface area contributed by atoms with Gasteiger partial charge in [0.15, 0.2) is 0 Å². The lowest BCUT2D eigenvalue weighted by Gasteiger charge is -2.06. The summed E-state index contributed by atoms with van der Waals surface area (Å²) in [6.07, 6.45) is 0. The third kappa shape index (κ3) is 1.35. The predicted molar refractivity (Wildman–Crippen MR) is 38.0 cm³/mol. The van der Waals surface area contributed by atoms with Crippen LogP contribution in [0.15, 0.2) is 24.3 Å². The number of nitrogens with one attached hydrogen (secondary N) is 1. The Labute approximate surface area is 59.6 Å². The molecule has 52 valence electrons. The van der Waals surface area contributed by atoms with E-state index in [0.717, 1.165) is 5.56 Å². The Morgan fingerprint density at radius 1 is 1.50 bits per heavy atom. The van der Waals surface area contributed by atoms with Gasteiger partial charge in [-0.2, -0.15) is 0 Å². The number of benzene rings is 1. The minimum absolute atomic E-state index is 0.458. The van der Waals surface area contributed by atoms with Crippen molar-refractivity contribution in [3.63, 3.8) is 0 Å². The largest absolute Gasteiger partial charge is 0.859 e. The number of rotatable bonds is 1. The highest BCUT2D eigenvalue weighted by molar-refractivity contribution is 5.88. The summed E-state index contributed by atoms with van der Waals surface area (Å²) in [5.74, 6) is -0.622. The van der Waals surface area contributed by atoms with Crippen molar-refractivity contribution in [1.82, 2.24) is 0 Å². The lowest BCUT2D eigenvalue weighted by Crippen LogP contribution is -2.16. The molecule has 1 aromatic rings. The van der Waals surface area contributed by atoms with Crippen LogP contribution in [-0.4, -0.2) is 5.90 Å². The normalized spacial score (nSPS) is 9.30. The average molecular weight is 134 g/mol. The second-order valence-electron chi connectivity index (χ2n) is 2.20. The highest BCUT2D eigenvalue weighted by atomic mass is 16.3. The summed E-state index contributed by atoms with van der Waals surface area (Å²) in [5, 5.41) is 17.2. The van der Waals surface area contributed by atoms with Gasteiger partial charge in [-0.25, -0.2) is 0 Å². The van der Waals surface area contributed by atoms with Gasteiger partial charge in [0, 0.05) is 0 Å². The number of hydrogen-bond acceptors (Lipinski definition) is 2. The van der Waals surface area contributed by atoms with Gasteiger partial charge in [0.05, 0.1) is 0 Å². The Kier molecular flexibility index (Phi) is 1.71. The third-order valence-electron chi connectivity index (χ3n) is 1.28. The van der Waals surface area contributed by atoms with Crippen molar-refractivity contribution >= 4 is 5.90 Å². The lowest BCUT2D eigenvalue weighted by molar-refractivity contribution is -0.214. The van der Waals surface area contributed by atoms with E-state index in [9.17, 15) is 5.11 Å². The van der Waals surface area contributed by atoms with Crippen LogP contribution in [0.4, 0.5) is 0 Å². The van der Waals surface area contributed by atoms with Crippen molar-refractivity contribution in [2.24, 2.45) is 0 Å². The van der Waals surface area contributed by atoms with Crippen LogP contribution in [-0.2, 0) is 0 Å². The molecule has 0 aliphatic rings. The Hall–Kier alpha value is -1.31. The van der Waals surface area contributed by atoms with Crippen LogP contribution in [0.1, 0.15) is 11.1 Å². The van der Waals surface area contributed by atoms with Crippen LogP contribution in [0.2, 0.25) is 0 Å². The molecule has 0 aliphatic heterocycles. The van der Waals surface area contributed by atoms with E-state index in [0.29, 0.717) is 5.56 Å². The van der Waals surface area contributed by atoms with Gasteiger partial charge in [-0.05, 0) is 18.4 Å². The Balaban J connectivity index is 3.07. The van der Waals surface area contributed by atoms with Crippen LogP contribution in [0.25, 0.3) is 0 Å². The molecule has 0 radical (unpaired) electrons. The second kappa shape index (κ2) is 2.52. The molecule has 0 spiro atoms. The molecule has 0 unspecified atom stereocenters. The summed E-state index contributed by atoms with van der Waals surface area (Å²) in [6, 6.07) is 7.02. The summed E-state index contributed by atoms with van der Waals surface area (Å²) in [5.41, 5.74) is 1.47. The van der Waals surface area contributed by atoms with Crippen LogP contribution in [0.5, 0.6) is 0 Å². The van der Waals surface area contributed by atoms with Crippen molar-refractivity contribution in [2.75, 3.05) is 0 Å². The SMILES string of the molecule is Cc1cccc(C(=N)[O-])c1. The van der Waals surface area contributed by atoms with Gasteiger partial charge >= 0.3 is 0 Å². The molecule has 0 aromatic heterocycles. The zero-order chi connectivity index (χ0) is 7.56. The minimum Gasteiger partial charge on any atom is -0.859 e. The molecule has 2 nitrogen and oxygen atoms in total. The smallest absolute Gasteiger partial charge is 0.0149 e. The van der Waals surface area contributed by atoms with E-state index >= 15 is 0 Å². The fourth-order valence-electron chi connectivity index (χ4n) is 0.786. The molecule has 0 atom stereocenters. The zero-order valence-electron chi connectivity index (χ0n) is 5.72. The van der Waals surface area contributed by atoms with E-state index in [2.05, 4.69) is 0 Å². The standard InChI is InChI=1S/C8H9NO/c1-6-3-2-4-7(5-6)8(9)10/h2-5H,1H3,(H2,9,10)/p-1. The van der Waals surface area contributed by atoms with Gasteiger partial charge in [-0.1, -0.05) is 29.8 Å². The van der Waals surface area contributed by atoms with E-state index in [1.54, 1.807) is 18.2 Å². The quantitative estimate of drug-likeness (QED) is 0.445. The van der Waals surface area contributed by atoms with Crippen molar-refractivity contribution in [3.8, 4) is 0 Å². The third-order valence-corrected chi connectivity index (χ3v) is 1.28. The van der Waals surface area contributed by atoms with E-state index in [-0.39, 0.29) is 0 Å². The van der Waals surface area contributed by atoms with E-state index in [4.69, 9.17) is 5.41 Å². The molecular formula is C8H8NO-. The van der Waals surface area contributed by atoms with Gasteiger partial charge in [0.25, 0.3) is 0 Å². The maximum absolute atomic E-state index is 10.5. The van der Waals surface area contributed by atoms with Gasteiger partial charge in [-0.3, -0.25) is 0 Å². The first-order valence-corrected chi connectivity index (χ1v) is 3.03. The van der Waals surface area contributed by atoms with Gasteiger partial charge < -0.3 is 10.5 Å². The van der Waals surface area contributed by atoms with Crippen molar-refractivity contribution in [3.05, 3.63) is 35.4 Å². The monoisotopic (exact) mass is 134 g/mol. The first-order chi connectivity index (χ1) is 4.70. The Morgan fingerprint density at radius 3 is 2.60 bits per heavy atom. The molecule has 0 saturated carbocycles. The fraction of sp³-hybridized carbons (Fsp3) is 0.125. The van der Waals surface area contributed by atoms with Gasteiger partial charge in [0.1, 0.15) is 0 Å². The summed E-state index contributed by atoms with van der Waals surface area (Å²) >= 11 is 0. The lowest BCUT2D eigenvalue weighted by atomic mass is 10.1. The molecular weight excluding hydrogens is 126 g/mol. The maximum atomic E-state index is 10.5. The van der Waals surface area contributed by atoms with E-state index in [1.165, 1.54) is 0 Å². The van der Waals surface area contributed by atoms with E-state index in [1.807, 2.05) is 13.0 Å². The molecule has 2 heteroatoms. The Bertz CT molecular complexity index is 255. The Morgan fingerprint density at radius 2 is 2.20 bits per heavy atom.